The van der Waals surface area contributed by atoms with E-state index in [0.717, 1.165) is 43.3 Å². The fourth-order valence-corrected chi connectivity index (χ4v) is 1.95. The molecule has 0 spiro atoms. The summed E-state index contributed by atoms with van der Waals surface area (Å²) in [6.45, 7) is 5.74. The number of hydrogen-bond donors (Lipinski definition) is 0. The molecule has 4 heteroatoms. The zero-order valence-electron chi connectivity index (χ0n) is 9.12. The standard InChI is InChI=1S/C11H14N4/c1-3-9-8(7-12)11-13-5-6-15(11)10(4-2)14-9/h3-6H2,1-2H3. The molecule has 0 saturated carbocycles. The Morgan fingerprint density at radius 2 is 2.20 bits per heavy atom. The average molecular weight is 202 g/mol. The summed E-state index contributed by atoms with van der Waals surface area (Å²) in [6, 6.07) is 2.22. The van der Waals surface area contributed by atoms with Gasteiger partial charge in [0.2, 0.25) is 0 Å². The van der Waals surface area contributed by atoms with Crippen LogP contribution in [0.25, 0.3) is 0 Å². The van der Waals surface area contributed by atoms with Gasteiger partial charge in [0.05, 0.1) is 12.2 Å². The zero-order chi connectivity index (χ0) is 10.8. The number of allylic oxidation sites excluding steroid dienone is 1. The van der Waals surface area contributed by atoms with E-state index >= 15 is 0 Å². The molecule has 2 heterocycles. The lowest BCUT2D eigenvalue weighted by atomic mass is 10.1. The SMILES string of the molecule is CCC1=NC(CC)=C(C#N)C2=NCCN12. The van der Waals surface area contributed by atoms with Gasteiger partial charge < -0.3 is 4.90 Å². The number of nitriles is 1. The van der Waals surface area contributed by atoms with Crippen molar-refractivity contribution in [1.29, 1.82) is 5.26 Å². The van der Waals surface area contributed by atoms with Crippen LogP contribution in [-0.2, 0) is 0 Å². The molecule has 0 fully saturated rings. The molecule has 0 N–H and O–H groups in total. The topological polar surface area (TPSA) is 51.8 Å². The molecule has 0 atom stereocenters. The molecule has 0 saturated heterocycles. The van der Waals surface area contributed by atoms with Crippen molar-refractivity contribution < 1.29 is 0 Å². The number of amidine groups is 2. The normalized spacial score (nSPS) is 19.7. The molecule has 0 aromatic heterocycles. The van der Waals surface area contributed by atoms with Crippen molar-refractivity contribution in [2.24, 2.45) is 9.98 Å². The zero-order valence-corrected chi connectivity index (χ0v) is 9.12. The van der Waals surface area contributed by atoms with E-state index in [1.165, 1.54) is 0 Å². The molecule has 15 heavy (non-hydrogen) atoms. The van der Waals surface area contributed by atoms with Gasteiger partial charge in [0, 0.05) is 13.0 Å². The maximum atomic E-state index is 9.11. The van der Waals surface area contributed by atoms with Crippen LogP contribution in [0.5, 0.6) is 0 Å². The highest BCUT2D eigenvalue weighted by Crippen LogP contribution is 2.23. The minimum Gasteiger partial charge on any atom is -0.312 e. The van der Waals surface area contributed by atoms with Crippen molar-refractivity contribution in [1.82, 2.24) is 4.90 Å². The number of fused-ring (bicyclic) bond motifs is 1. The Labute approximate surface area is 89.6 Å². The Morgan fingerprint density at radius 1 is 1.40 bits per heavy atom. The van der Waals surface area contributed by atoms with Crippen molar-refractivity contribution in [3.05, 3.63) is 11.3 Å². The summed E-state index contributed by atoms with van der Waals surface area (Å²) in [4.78, 5) is 11.0. The van der Waals surface area contributed by atoms with Crippen LogP contribution in [0.1, 0.15) is 26.7 Å². The van der Waals surface area contributed by atoms with Crippen LogP contribution in [0.4, 0.5) is 0 Å². The first-order valence-electron chi connectivity index (χ1n) is 5.35. The smallest absolute Gasteiger partial charge is 0.149 e. The summed E-state index contributed by atoms with van der Waals surface area (Å²) >= 11 is 0. The molecule has 0 amide bonds. The number of aliphatic imine (C=N–C) groups is 2. The third-order valence-electron chi connectivity index (χ3n) is 2.69. The van der Waals surface area contributed by atoms with E-state index in [4.69, 9.17) is 5.26 Å². The number of hydrogen-bond acceptors (Lipinski definition) is 4. The Balaban J connectivity index is 2.51. The second kappa shape index (κ2) is 3.85. The third-order valence-corrected chi connectivity index (χ3v) is 2.69. The molecule has 0 radical (unpaired) electrons. The molecule has 2 aliphatic heterocycles. The molecule has 0 aliphatic carbocycles. The van der Waals surface area contributed by atoms with Gasteiger partial charge in [-0.3, -0.25) is 4.99 Å². The van der Waals surface area contributed by atoms with Gasteiger partial charge in [0.15, 0.2) is 0 Å². The molecule has 2 rings (SSSR count). The van der Waals surface area contributed by atoms with Crippen molar-refractivity contribution in [3.8, 4) is 6.07 Å². The van der Waals surface area contributed by atoms with Crippen LogP contribution < -0.4 is 0 Å². The van der Waals surface area contributed by atoms with E-state index in [-0.39, 0.29) is 0 Å². The van der Waals surface area contributed by atoms with Gasteiger partial charge in [-0.2, -0.15) is 5.26 Å². The van der Waals surface area contributed by atoms with Crippen LogP contribution in [0.2, 0.25) is 0 Å². The maximum Gasteiger partial charge on any atom is 0.149 e. The van der Waals surface area contributed by atoms with E-state index in [1.807, 2.05) is 6.92 Å². The molecule has 4 nitrogen and oxygen atoms in total. The first-order chi connectivity index (χ1) is 7.31. The van der Waals surface area contributed by atoms with Crippen molar-refractivity contribution in [2.75, 3.05) is 13.1 Å². The van der Waals surface area contributed by atoms with Crippen molar-refractivity contribution in [2.45, 2.75) is 26.7 Å². The van der Waals surface area contributed by atoms with Gasteiger partial charge in [-0.05, 0) is 6.42 Å². The lowest BCUT2D eigenvalue weighted by Gasteiger charge is -2.26. The summed E-state index contributed by atoms with van der Waals surface area (Å²) < 4.78 is 0. The lowest BCUT2D eigenvalue weighted by Crippen LogP contribution is -2.37. The van der Waals surface area contributed by atoms with Crippen LogP contribution in [-0.4, -0.2) is 29.7 Å². The Bertz CT molecular complexity index is 409. The minimum atomic E-state index is 0.659. The molecular formula is C11H14N4. The maximum absolute atomic E-state index is 9.11. The van der Waals surface area contributed by atoms with Gasteiger partial charge >= 0.3 is 0 Å². The van der Waals surface area contributed by atoms with Crippen LogP contribution >= 0.6 is 0 Å². The lowest BCUT2D eigenvalue weighted by molar-refractivity contribution is 0.641. The second-order valence-corrected chi connectivity index (χ2v) is 3.53. The first kappa shape index (κ1) is 9.91. The predicted octanol–water partition coefficient (Wildman–Crippen LogP) is 1.71. The Kier molecular flexibility index (Phi) is 2.55. The molecule has 0 unspecified atom stereocenters. The van der Waals surface area contributed by atoms with Gasteiger partial charge in [-0.1, -0.05) is 13.8 Å². The van der Waals surface area contributed by atoms with Crippen LogP contribution in [0, 0.1) is 11.3 Å². The largest absolute Gasteiger partial charge is 0.312 e. The first-order valence-corrected chi connectivity index (χ1v) is 5.35. The van der Waals surface area contributed by atoms with Crippen LogP contribution in [0.15, 0.2) is 21.3 Å². The third kappa shape index (κ3) is 1.44. The summed E-state index contributed by atoms with van der Waals surface area (Å²) in [5.41, 5.74) is 1.54. The highest BCUT2D eigenvalue weighted by atomic mass is 15.3. The number of nitrogens with zero attached hydrogens (tertiary/aromatic N) is 4. The van der Waals surface area contributed by atoms with Gasteiger partial charge in [-0.25, -0.2) is 4.99 Å². The summed E-state index contributed by atoms with van der Waals surface area (Å²) in [6.07, 6.45) is 1.68. The summed E-state index contributed by atoms with van der Waals surface area (Å²) in [5, 5.41) is 9.11. The molecular weight excluding hydrogens is 188 g/mol. The van der Waals surface area contributed by atoms with E-state index in [9.17, 15) is 0 Å². The van der Waals surface area contributed by atoms with E-state index in [1.54, 1.807) is 0 Å². The highest BCUT2D eigenvalue weighted by molar-refractivity contribution is 6.14. The van der Waals surface area contributed by atoms with Crippen molar-refractivity contribution in [3.63, 3.8) is 0 Å². The Hall–Kier alpha value is -1.63. The molecule has 78 valence electrons. The molecule has 2 aliphatic rings. The highest BCUT2D eigenvalue weighted by Gasteiger charge is 2.29. The fourth-order valence-electron chi connectivity index (χ4n) is 1.95. The quantitative estimate of drug-likeness (QED) is 0.684. The van der Waals surface area contributed by atoms with Crippen molar-refractivity contribution >= 4 is 11.7 Å². The summed E-state index contributed by atoms with van der Waals surface area (Å²) in [5.74, 6) is 1.88. The van der Waals surface area contributed by atoms with Gasteiger partial charge in [0.1, 0.15) is 23.3 Å². The average Bonchev–Trinajstić information content (AvgIpc) is 2.75. The molecule has 0 aromatic carbocycles. The second-order valence-electron chi connectivity index (χ2n) is 3.53. The van der Waals surface area contributed by atoms with Gasteiger partial charge in [-0.15, -0.1) is 0 Å². The van der Waals surface area contributed by atoms with E-state index < -0.39 is 0 Å². The molecule has 0 aromatic rings. The fraction of sp³-hybridized carbons (Fsp3) is 0.545. The Morgan fingerprint density at radius 3 is 2.80 bits per heavy atom. The van der Waals surface area contributed by atoms with E-state index in [2.05, 4.69) is 27.9 Å². The minimum absolute atomic E-state index is 0.659. The van der Waals surface area contributed by atoms with E-state index in [0.29, 0.717) is 5.57 Å². The number of rotatable bonds is 2. The monoisotopic (exact) mass is 202 g/mol. The van der Waals surface area contributed by atoms with Gasteiger partial charge in [0.25, 0.3) is 0 Å². The predicted molar refractivity (Wildman–Crippen MR) is 59.7 cm³/mol. The van der Waals surface area contributed by atoms with Crippen LogP contribution in [0.3, 0.4) is 0 Å². The summed E-state index contributed by atoms with van der Waals surface area (Å²) in [7, 11) is 0. The molecule has 0 bridgehead atoms.